The van der Waals surface area contributed by atoms with Crippen LogP contribution in [0.5, 0.6) is 0 Å². The molecule has 0 spiro atoms. The van der Waals surface area contributed by atoms with E-state index in [1.54, 1.807) is 0 Å². The molecule has 1 fully saturated rings. The number of carbonyl (C=O) groups is 1. The molecule has 2 aliphatic rings. The van der Waals surface area contributed by atoms with Crippen molar-refractivity contribution in [1.82, 2.24) is 10.2 Å². The van der Waals surface area contributed by atoms with E-state index in [2.05, 4.69) is 23.2 Å². The number of nitriles is 1. The second-order valence-electron chi connectivity index (χ2n) is 5.05. The third kappa shape index (κ3) is 1.68. The largest absolute Gasteiger partial charge is 0.315 e. The molecule has 1 amide bonds. The molecule has 17 heavy (non-hydrogen) atoms. The van der Waals surface area contributed by atoms with E-state index in [1.807, 2.05) is 14.0 Å². The van der Waals surface area contributed by atoms with Crippen LogP contribution in [0.3, 0.4) is 0 Å². The van der Waals surface area contributed by atoms with E-state index in [4.69, 9.17) is 12.2 Å². The second-order valence-corrected chi connectivity index (χ2v) is 5.46. The summed E-state index contributed by atoms with van der Waals surface area (Å²) in [5.41, 5.74) is 0.774. The van der Waals surface area contributed by atoms with Gasteiger partial charge in [-0.2, -0.15) is 5.26 Å². The SMILES string of the molecule is C[C@@H]1CC2=C(C#N)C(=S)NC(=O)[C@]2(C)CN1C. The summed E-state index contributed by atoms with van der Waals surface area (Å²) in [5, 5.41) is 11.8. The predicted molar refractivity (Wildman–Crippen MR) is 68.2 cm³/mol. The van der Waals surface area contributed by atoms with Crippen LogP contribution in [0.25, 0.3) is 0 Å². The molecule has 0 aromatic rings. The molecule has 0 saturated carbocycles. The minimum absolute atomic E-state index is 0.0877. The summed E-state index contributed by atoms with van der Waals surface area (Å²) in [6.07, 6.45) is 0.726. The number of hydrogen-bond donors (Lipinski definition) is 1. The zero-order valence-corrected chi connectivity index (χ0v) is 11.0. The summed E-state index contributed by atoms with van der Waals surface area (Å²) in [5.74, 6) is -0.0877. The van der Waals surface area contributed by atoms with Crippen LogP contribution in [0.4, 0.5) is 0 Å². The Labute approximate surface area is 106 Å². The van der Waals surface area contributed by atoms with Gasteiger partial charge in [0.25, 0.3) is 0 Å². The highest BCUT2D eigenvalue weighted by Gasteiger charge is 2.47. The molecular formula is C12H15N3OS. The molecule has 4 nitrogen and oxygen atoms in total. The monoisotopic (exact) mass is 249 g/mol. The van der Waals surface area contributed by atoms with Gasteiger partial charge in [-0.05, 0) is 32.9 Å². The number of thiocarbonyl (C=S) groups is 1. The van der Waals surface area contributed by atoms with Gasteiger partial charge in [0.15, 0.2) is 0 Å². The Morgan fingerprint density at radius 2 is 2.29 bits per heavy atom. The van der Waals surface area contributed by atoms with E-state index in [9.17, 15) is 10.1 Å². The van der Waals surface area contributed by atoms with Crippen molar-refractivity contribution in [3.05, 3.63) is 11.1 Å². The number of nitrogens with zero attached hydrogens (tertiary/aromatic N) is 2. The minimum atomic E-state index is -0.616. The summed E-state index contributed by atoms with van der Waals surface area (Å²) in [6.45, 7) is 4.61. The normalized spacial score (nSPS) is 34.1. The van der Waals surface area contributed by atoms with Gasteiger partial charge < -0.3 is 10.2 Å². The van der Waals surface area contributed by atoms with Gasteiger partial charge in [0.05, 0.1) is 11.0 Å². The Morgan fingerprint density at radius 1 is 1.65 bits per heavy atom. The Morgan fingerprint density at radius 3 is 2.88 bits per heavy atom. The first-order valence-corrected chi connectivity index (χ1v) is 6.00. The molecule has 0 unspecified atom stereocenters. The maximum Gasteiger partial charge on any atom is 0.236 e. The van der Waals surface area contributed by atoms with Crippen LogP contribution in [-0.2, 0) is 4.79 Å². The number of hydrogen-bond acceptors (Lipinski definition) is 4. The molecule has 0 bridgehead atoms. The molecule has 0 aliphatic carbocycles. The van der Waals surface area contributed by atoms with Crippen molar-refractivity contribution in [1.29, 1.82) is 5.26 Å². The van der Waals surface area contributed by atoms with Crippen LogP contribution in [0.15, 0.2) is 11.1 Å². The van der Waals surface area contributed by atoms with E-state index in [1.165, 1.54) is 0 Å². The lowest BCUT2D eigenvalue weighted by Crippen LogP contribution is -2.57. The number of piperidine rings is 1. The zero-order valence-electron chi connectivity index (χ0n) is 10.2. The fourth-order valence-electron chi connectivity index (χ4n) is 2.57. The maximum atomic E-state index is 12.1. The van der Waals surface area contributed by atoms with Crippen molar-refractivity contribution < 1.29 is 4.79 Å². The molecule has 1 saturated heterocycles. The third-order valence-corrected chi connectivity index (χ3v) is 4.16. The number of fused-ring (bicyclic) bond motifs is 1. The van der Waals surface area contributed by atoms with Crippen LogP contribution in [0, 0.1) is 16.7 Å². The fraction of sp³-hybridized carbons (Fsp3) is 0.583. The van der Waals surface area contributed by atoms with E-state index >= 15 is 0 Å². The van der Waals surface area contributed by atoms with Gasteiger partial charge >= 0.3 is 0 Å². The van der Waals surface area contributed by atoms with Gasteiger partial charge in [-0.25, -0.2) is 0 Å². The lowest BCUT2D eigenvalue weighted by atomic mass is 9.70. The molecule has 2 aliphatic heterocycles. The van der Waals surface area contributed by atoms with Crippen molar-refractivity contribution in [2.75, 3.05) is 13.6 Å². The topological polar surface area (TPSA) is 56.1 Å². The average Bonchev–Trinajstić information content (AvgIpc) is 2.24. The Kier molecular flexibility index (Phi) is 2.80. The molecule has 0 radical (unpaired) electrons. The predicted octanol–water partition coefficient (Wildman–Crippen LogP) is 0.994. The maximum absolute atomic E-state index is 12.1. The highest BCUT2D eigenvalue weighted by atomic mass is 32.1. The first-order valence-electron chi connectivity index (χ1n) is 5.60. The number of likely N-dealkylation sites (tertiary alicyclic amines) is 1. The van der Waals surface area contributed by atoms with Gasteiger partial charge in [-0.1, -0.05) is 12.2 Å². The summed E-state index contributed by atoms with van der Waals surface area (Å²) in [4.78, 5) is 14.5. The van der Waals surface area contributed by atoms with Crippen molar-refractivity contribution in [3.8, 4) is 6.07 Å². The molecule has 2 atom stereocenters. The van der Waals surface area contributed by atoms with Gasteiger partial charge in [0, 0.05) is 12.6 Å². The first kappa shape index (κ1) is 12.2. The van der Waals surface area contributed by atoms with Gasteiger partial charge in [-0.15, -0.1) is 0 Å². The summed E-state index contributed by atoms with van der Waals surface area (Å²) < 4.78 is 0. The highest BCUT2D eigenvalue weighted by Crippen LogP contribution is 2.41. The lowest BCUT2D eigenvalue weighted by Gasteiger charge is -2.45. The van der Waals surface area contributed by atoms with Crippen molar-refractivity contribution in [2.45, 2.75) is 26.3 Å². The van der Waals surface area contributed by atoms with E-state index in [-0.39, 0.29) is 10.9 Å². The molecule has 90 valence electrons. The average molecular weight is 249 g/mol. The molecular weight excluding hydrogens is 234 g/mol. The summed E-state index contributed by atoms with van der Waals surface area (Å²) in [7, 11) is 2.00. The molecule has 2 heterocycles. The lowest BCUT2D eigenvalue weighted by molar-refractivity contribution is -0.129. The van der Waals surface area contributed by atoms with E-state index < -0.39 is 5.41 Å². The Balaban J connectivity index is 2.58. The quantitative estimate of drug-likeness (QED) is 0.651. The molecule has 0 aromatic carbocycles. The minimum Gasteiger partial charge on any atom is -0.315 e. The van der Waals surface area contributed by atoms with Crippen molar-refractivity contribution in [3.63, 3.8) is 0 Å². The third-order valence-electron chi connectivity index (χ3n) is 3.85. The summed E-state index contributed by atoms with van der Waals surface area (Å²) in [6, 6.07) is 2.47. The number of amides is 1. The first-order chi connectivity index (χ1) is 7.90. The van der Waals surface area contributed by atoms with Gasteiger partial charge in [0.2, 0.25) is 5.91 Å². The summed E-state index contributed by atoms with van der Waals surface area (Å²) >= 11 is 5.06. The standard InChI is InChI=1S/C12H15N3OS/c1-7-4-9-8(5-13)10(17)14-11(16)12(9,2)6-15(7)3/h7H,4,6H2,1-3H3,(H,14,16,17)/t7-,12-/m1/s1. The van der Waals surface area contributed by atoms with Gasteiger partial charge in [0.1, 0.15) is 11.1 Å². The van der Waals surface area contributed by atoms with Crippen LogP contribution >= 0.6 is 12.2 Å². The van der Waals surface area contributed by atoms with Crippen molar-refractivity contribution in [2.24, 2.45) is 5.41 Å². The number of nitrogens with one attached hydrogen (secondary N) is 1. The smallest absolute Gasteiger partial charge is 0.236 e. The highest BCUT2D eigenvalue weighted by molar-refractivity contribution is 7.80. The molecule has 0 aromatic heterocycles. The Hall–Kier alpha value is -1.25. The molecule has 2 rings (SSSR count). The number of rotatable bonds is 0. The zero-order chi connectivity index (χ0) is 12.8. The molecule has 5 heteroatoms. The van der Waals surface area contributed by atoms with Crippen LogP contribution in [0.2, 0.25) is 0 Å². The van der Waals surface area contributed by atoms with Crippen LogP contribution in [0.1, 0.15) is 20.3 Å². The fourth-order valence-corrected chi connectivity index (χ4v) is 2.83. The van der Waals surface area contributed by atoms with Crippen molar-refractivity contribution >= 4 is 23.1 Å². The van der Waals surface area contributed by atoms with E-state index in [0.717, 1.165) is 12.0 Å². The van der Waals surface area contributed by atoms with E-state index in [0.29, 0.717) is 18.2 Å². The second kappa shape index (κ2) is 3.90. The van der Waals surface area contributed by atoms with Crippen LogP contribution < -0.4 is 5.32 Å². The number of carbonyl (C=O) groups excluding carboxylic acids is 1. The Bertz CT molecular complexity index is 477. The molecule has 1 N–H and O–H groups in total. The van der Waals surface area contributed by atoms with Gasteiger partial charge in [-0.3, -0.25) is 4.79 Å². The van der Waals surface area contributed by atoms with Crippen LogP contribution in [-0.4, -0.2) is 35.4 Å².